The molecular weight excluding hydrogens is 271 g/mol. The molecule has 0 bridgehead atoms. The molecule has 2 rings (SSSR count). The molecular formula is C12H12OSSe. The molecule has 2 aromatic rings. The average molecular weight is 283 g/mol. The molecule has 78 valence electrons. The first kappa shape index (κ1) is 10.9. The molecule has 15 heavy (non-hydrogen) atoms. The van der Waals surface area contributed by atoms with Crippen molar-refractivity contribution in [2.45, 2.75) is 10.7 Å². The summed E-state index contributed by atoms with van der Waals surface area (Å²) in [6.45, 7) is 0. The van der Waals surface area contributed by atoms with Gasteiger partial charge >= 0.3 is 98.6 Å². The van der Waals surface area contributed by atoms with Crippen molar-refractivity contribution in [1.29, 1.82) is 0 Å². The van der Waals surface area contributed by atoms with E-state index in [1.165, 1.54) is 15.2 Å². The first-order valence-electron chi connectivity index (χ1n) is 4.63. The standard InChI is InChI=1S/C12H12OSSe/c1-14(13)10-7-3-5-9-6-4-8-11(15-2)12(9)10/h3-8H,1-2H3. The summed E-state index contributed by atoms with van der Waals surface area (Å²) in [5.41, 5.74) is 0. The van der Waals surface area contributed by atoms with Crippen molar-refractivity contribution >= 4 is 41.0 Å². The van der Waals surface area contributed by atoms with Gasteiger partial charge < -0.3 is 0 Å². The van der Waals surface area contributed by atoms with Gasteiger partial charge in [-0.1, -0.05) is 0 Å². The Morgan fingerprint density at radius 3 is 2.40 bits per heavy atom. The molecule has 2 aromatic carbocycles. The SMILES string of the molecule is C[Se]c1cccc2cccc(S(C)=O)c12. The Balaban J connectivity index is 2.87. The fourth-order valence-electron chi connectivity index (χ4n) is 1.68. The fourth-order valence-corrected chi connectivity index (χ4v) is 3.97. The van der Waals surface area contributed by atoms with Crippen LogP contribution < -0.4 is 4.46 Å². The maximum absolute atomic E-state index is 11.6. The van der Waals surface area contributed by atoms with Gasteiger partial charge in [0.2, 0.25) is 0 Å². The van der Waals surface area contributed by atoms with Crippen molar-refractivity contribution in [3.8, 4) is 0 Å². The van der Waals surface area contributed by atoms with Crippen LogP contribution in [0.2, 0.25) is 5.82 Å². The van der Waals surface area contributed by atoms with Gasteiger partial charge in [0.1, 0.15) is 0 Å². The molecule has 3 heteroatoms. The topological polar surface area (TPSA) is 17.1 Å². The molecule has 0 saturated carbocycles. The van der Waals surface area contributed by atoms with E-state index in [2.05, 4.69) is 30.1 Å². The molecule has 1 atom stereocenters. The van der Waals surface area contributed by atoms with Gasteiger partial charge in [-0.3, -0.25) is 0 Å². The number of fused-ring (bicyclic) bond motifs is 1. The molecule has 1 nitrogen and oxygen atoms in total. The van der Waals surface area contributed by atoms with E-state index in [0.717, 1.165) is 4.90 Å². The van der Waals surface area contributed by atoms with Gasteiger partial charge in [0.15, 0.2) is 0 Å². The number of hydrogen-bond donors (Lipinski definition) is 0. The Morgan fingerprint density at radius 1 is 1.13 bits per heavy atom. The second-order valence-corrected chi connectivity index (χ2v) is 6.40. The summed E-state index contributed by atoms with van der Waals surface area (Å²) in [5, 5.41) is 2.40. The van der Waals surface area contributed by atoms with E-state index in [-0.39, 0.29) is 0 Å². The zero-order chi connectivity index (χ0) is 10.8. The van der Waals surface area contributed by atoms with Gasteiger partial charge in [-0.2, -0.15) is 0 Å². The Bertz CT molecular complexity index is 517. The summed E-state index contributed by atoms with van der Waals surface area (Å²) in [6.07, 6.45) is 1.74. The monoisotopic (exact) mass is 284 g/mol. The predicted octanol–water partition coefficient (Wildman–Crippen LogP) is 1.95. The Morgan fingerprint density at radius 2 is 1.80 bits per heavy atom. The third kappa shape index (κ3) is 2.00. The van der Waals surface area contributed by atoms with Crippen molar-refractivity contribution in [3.63, 3.8) is 0 Å². The molecule has 0 heterocycles. The maximum atomic E-state index is 11.6. The minimum absolute atomic E-state index is 0.439. The Hall–Kier alpha value is -0.631. The summed E-state index contributed by atoms with van der Waals surface area (Å²) in [5.74, 6) is 2.19. The van der Waals surface area contributed by atoms with Gasteiger partial charge in [-0.15, -0.1) is 0 Å². The molecule has 0 saturated heterocycles. The third-order valence-electron chi connectivity index (χ3n) is 2.36. The number of hydrogen-bond acceptors (Lipinski definition) is 1. The van der Waals surface area contributed by atoms with Gasteiger partial charge in [0.25, 0.3) is 0 Å². The van der Waals surface area contributed by atoms with E-state index in [1.54, 1.807) is 6.26 Å². The second kappa shape index (κ2) is 4.48. The molecule has 0 aliphatic heterocycles. The van der Waals surface area contributed by atoms with Crippen LogP contribution >= 0.6 is 0 Å². The Kier molecular flexibility index (Phi) is 3.25. The van der Waals surface area contributed by atoms with Gasteiger partial charge in [-0.05, 0) is 0 Å². The summed E-state index contributed by atoms with van der Waals surface area (Å²) in [6, 6.07) is 12.3. The third-order valence-corrected chi connectivity index (χ3v) is 4.95. The van der Waals surface area contributed by atoms with Crippen LogP contribution in [0.5, 0.6) is 0 Å². The van der Waals surface area contributed by atoms with E-state index in [4.69, 9.17) is 0 Å². The summed E-state index contributed by atoms with van der Waals surface area (Å²) in [7, 11) is -0.905. The van der Waals surface area contributed by atoms with Crippen LogP contribution in [0.4, 0.5) is 0 Å². The normalized spacial score (nSPS) is 12.9. The predicted molar refractivity (Wildman–Crippen MR) is 67.5 cm³/mol. The van der Waals surface area contributed by atoms with Crippen molar-refractivity contribution in [2.75, 3.05) is 6.26 Å². The first-order valence-corrected chi connectivity index (χ1v) is 8.76. The molecule has 0 aromatic heterocycles. The molecule has 0 spiro atoms. The number of benzene rings is 2. The van der Waals surface area contributed by atoms with E-state index >= 15 is 0 Å². The zero-order valence-electron chi connectivity index (χ0n) is 8.69. The Labute approximate surface area is 98.5 Å². The van der Waals surface area contributed by atoms with Crippen LogP contribution in [0.1, 0.15) is 0 Å². The first-order chi connectivity index (χ1) is 7.24. The molecule has 0 N–H and O–H groups in total. The van der Waals surface area contributed by atoms with E-state index in [1.807, 2.05) is 12.1 Å². The quantitative estimate of drug-likeness (QED) is 0.770. The van der Waals surface area contributed by atoms with Crippen LogP contribution in [0, 0.1) is 0 Å². The van der Waals surface area contributed by atoms with E-state index in [9.17, 15) is 4.21 Å². The van der Waals surface area contributed by atoms with Crippen LogP contribution in [-0.4, -0.2) is 25.4 Å². The fraction of sp³-hybridized carbons (Fsp3) is 0.167. The summed E-state index contributed by atoms with van der Waals surface area (Å²) >= 11 is 0.439. The summed E-state index contributed by atoms with van der Waals surface area (Å²) < 4.78 is 13.0. The van der Waals surface area contributed by atoms with Crippen molar-refractivity contribution in [3.05, 3.63) is 36.4 Å². The molecule has 0 radical (unpaired) electrons. The summed E-state index contributed by atoms with van der Waals surface area (Å²) in [4.78, 5) is 0.965. The molecule has 0 fully saturated rings. The van der Waals surface area contributed by atoms with E-state index < -0.39 is 10.8 Å². The molecule has 1 unspecified atom stereocenters. The van der Waals surface area contributed by atoms with Crippen molar-refractivity contribution < 1.29 is 4.21 Å². The second-order valence-electron chi connectivity index (χ2n) is 3.27. The molecule has 0 aliphatic carbocycles. The van der Waals surface area contributed by atoms with Crippen LogP contribution in [0.3, 0.4) is 0 Å². The van der Waals surface area contributed by atoms with Crippen molar-refractivity contribution in [2.24, 2.45) is 0 Å². The zero-order valence-corrected chi connectivity index (χ0v) is 11.2. The van der Waals surface area contributed by atoms with Crippen LogP contribution in [-0.2, 0) is 10.8 Å². The number of rotatable bonds is 2. The van der Waals surface area contributed by atoms with Gasteiger partial charge in [-0.25, -0.2) is 0 Å². The van der Waals surface area contributed by atoms with E-state index in [0.29, 0.717) is 15.0 Å². The average Bonchev–Trinajstić information content (AvgIpc) is 2.27. The van der Waals surface area contributed by atoms with Crippen LogP contribution in [0.25, 0.3) is 10.8 Å². The van der Waals surface area contributed by atoms with Gasteiger partial charge in [0.05, 0.1) is 0 Å². The van der Waals surface area contributed by atoms with Crippen molar-refractivity contribution in [1.82, 2.24) is 0 Å². The minimum atomic E-state index is -0.905. The van der Waals surface area contributed by atoms with Gasteiger partial charge in [0, 0.05) is 0 Å². The molecule has 0 amide bonds. The van der Waals surface area contributed by atoms with Crippen LogP contribution in [0.15, 0.2) is 41.3 Å². The molecule has 0 aliphatic rings.